The second kappa shape index (κ2) is 4.37. The summed E-state index contributed by atoms with van der Waals surface area (Å²) < 4.78 is 20.5. The Labute approximate surface area is 103 Å². The summed E-state index contributed by atoms with van der Waals surface area (Å²) in [5.41, 5.74) is -0.632. The summed E-state index contributed by atoms with van der Waals surface area (Å²) in [6.07, 6.45) is 0.939. The molecule has 1 aromatic rings. The van der Waals surface area contributed by atoms with Crippen molar-refractivity contribution in [3.05, 3.63) is 22.4 Å². The number of aromatic nitrogens is 2. The third-order valence-electron chi connectivity index (χ3n) is 1.96. The minimum Gasteiger partial charge on any atom is -0.519 e. The first-order valence-corrected chi connectivity index (χ1v) is 12.3. The Morgan fingerprint density at radius 1 is 1.24 bits per heavy atom. The maximum atomic E-state index is 13.3. The maximum Gasteiger partial charge on any atom is 0.284 e. The van der Waals surface area contributed by atoms with Crippen molar-refractivity contribution < 1.29 is 8.82 Å². The van der Waals surface area contributed by atoms with E-state index < -0.39 is 27.9 Å². The lowest BCUT2D eigenvalue weighted by atomic mass is 10.6. The van der Waals surface area contributed by atoms with Gasteiger partial charge in [0.2, 0.25) is 14.1 Å². The van der Waals surface area contributed by atoms with Crippen LogP contribution in [0.2, 0.25) is 39.3 Å². The molecular weight excluding hydrogens is 255 g/mol. The van der Waals surface area contributed by atoms with Crippen LogP contribution in [0.3, 0.4) is 0 Å². The van der Waals surface area contributed by atoms with Crippen LogP contribution in [-0.4, -0.2) is 25.8 Å². The van der Waals surface area contributed by atoms with Crippen LogP contribution < -0.4 is 9.99 Å². The molecule has 1 aromatic heterocycles. The van der Waals surface area contributed by atoms with Gasteiger partial charge in [0.15, 0.2) is 8.24 Å². The van der Waals surface area contributed by atoms with Crippen LogP contribution in [0.25, 0.3) is 0 Å². The van der Waals surface area contributed by atoms with Gasteiger partial charge in [0, 0.05) is 0 Å². The Kier molecular flexibility index (Phi) is 3.63. The van der Waals surface area contributed by atoms with E-state index in [4.69, 9.17) is 4.43 Å². The molecule has 0 aliphatic rings. The van der Waals surface area contributed by atoms with Crippen LogP contribution in [0.4, 0.5) is 4.39 Å². The Bertz CT molecular complexity index is 475. The SMILES string of the molecule is C[Si](C)(C)Oc1ncc(F)c(=O)n1[Si](C)(C)C. The van der Waals surface area contributed by atoms with Gasteiger partial charge in [-0.3, -0.25) is 9.03 Å². The summed E-state index contributed by atoms with van der Waals surface area (Å²) >= 11 is 0. The molecule has 0 aromatic carbocycles. The summed E-state index contributed by atoms with van der Waals surface area (Å²) in [6, 6.07) is 0.259. The van der Waals surface area contributed by atoms with Crippen molar-refractivity contribution >= 4 is 16.6 Å². The summed E-state index contributed by atoms with van der Waals surface area (Å²) in [5, 5.41) is 0. The summed E-state index contributed by atoms with van der Waals surface area (Å²) in [5.74, 6) is -0.824. The third kappa shape index (κ3) is 3.50. The second-order valence-corrected chi connectivity index (χ2v) is 15.1. The van der Waals surface area contributed by atoms with E-state index in [1.165, 1.54) is 4.23 Å². The molecule has 0 saturated heterocycles. The van der Waals surface area contributed by atoms with Gasteiger partial charge in [0.25, 0.3) is 11.6 Å². The highest BCUT2D eigenvalue weighted by Crippen LogP contribution is 2.16. The quantitative estimate of drug-likeness (QED) is 0.794. The van der Waals surface area contributed by atoms with E-state index in [1.54, 1.807) is 0 Å². The van der Waals surface area contributed by atoms with Gasteiger partial charge in [-0.05, 0) is 19.6 Å². The second-order valence-electron chi connectivity index (χ2n) is 5.91. The molecule has 0 spiro atoms. The van der Waals surface area contributed by atoms with E-state index in [1.807, 2.05) is 39.3 Å². The van der Waals surface area contributed by atoms with E-state index in [2.05, 4.69) is 4.98 Å². The minimum atomic E-state index is -2.05. The topological polar surface area (TPSA) is 44.1 Å². The minimum absolute atomic E-state index is 0.259. The van der Waals surface area contributed by atoms with Crippen molar-refractivity contribution in [1.29, 1.82) is 0 Å². The lowest BCUT2D eigenvalue weighted by molar-refractivity contribution is 0.477. The zero-order valence-corrected chi connectivity index (χ0v) is 13.2. The first kappa shape index (κ1) is 14.1. The zero-order valence-electron chi connectivity index (χ0n) is 11.2. The van der Waals surface area contributed by atoms with Gasteiger partial charge in [0.1, 0.15) is 0 Å². The molecule has 0 fully saturated rings. The van der Waals surface area contributed by atoms with E-state index >= 15 is 0 Å². The zero-order chi connectivity index (χ0) is 13.4. The fourth-order valence-corrected chi connectivity index (χ4v) is 3.53. The third-order valence-corrected chi connectivity index (χ3v) is 4.49. The molecule has 0 aliphatic heterocycles. The number of hydrogen-bond acceptors (Lipinski definition) is 3. The largest absolute Gasteiger partial charge is 0.519 e. The highest BCUT2D eigenvalue weighted by atomic mass is 28.4. The monoisotopic (exact) mass is 274 g/mol. The fraction of sp³-hybridized carbons (Fsp3) is 0.600. The van der Waals surface area contributed by atoms with Crippen LogP contribution in [0, 0.1) is 5.82 Å². The number of halogens is 1. The smallest absolute Gasteiger partial charge is 0.284 e. The molecule has 1 rings (SSSR count). The summed E-state index contributed by atoms with van der Waals surface area (Å²) in [6.45, 7) is 11.8. The van der Waals surface area contributed by atoms with Crippen LogP contribution in [-0.2, 0) is 0 Å². The first-order valence-electron chi connectivity index (χ1n) is 5.49. The number of nitrogens with zero attached hydrogens (tertiary/aromatic N) is 2. The molecule has 0 radical (unpaired) electrons. The van der Waals surface area contributed by atoms with E-state index in [-0.39, 0.29) is 6.01 Å². The lowest BCUT2D eigenvalue weighted by Gasteiger charge is -2.26. The van der Waals surface area contributed by atoms with E-state index in [0.29, 0.717) is 0 Å². The molecule has 0 aliphatic carbocycles. The lowest BCUT2D eigenvalue weighted by Crippen LogP contribution is -2.45. The fourth-order valence-electron chi connectivity index (χ4n) is 1.36. The first-order chi connectivity index (χ1) is 7.52. The Morgan fingerprint density at radius 2 is 1.76 bits per heavy atom. The predicted octanol–water partition coefficient (Wildman–Crippen LogP) is 2.28. The predicted molar refractivity (Wildman–Crippen MR) is 71.2 cm³/mol. The summed E-state index contributed by atoms with van der Waals surface area (Å²) in [4.78, 5) is 15.8. The molecule has 4 nitrogen and oxygen atoms in total. The van der Waals surface area contributed by atoms with Gasteiger partial charge < -0.3 is 4.43 Å². The van der Waals surface area contributed by atoms with Gasteiger partial charge >= 0.3 is 0 Å². The van der Waals surface area contributed by atoms with E-state index in [9.17, 15) is 9.18 Å². The van der Waals surface area contributed by atoms with Gasteiger partial charge in [-0.1, -0.05) is 19.6 Å². The van der Waals surface area contributed by atoms with Gasteiger partial charge in [-0.15, -0.1) is 0 Å². The highest BCUT2D eigenvalue weighted by Gasteiger charge is 2.27. The standard InChI is InChI=1S/C10H19FN2O2Si2/c1-16(2,3)13-9(14)8(11)7-12-10(13)15-17(4,5)6/h7H,1-6H3. The molecule has 17 heavy (non-hydrogen) atoms. The molecule has 0 saturated carbocycles. The van der Waals surface area contributed by atoms with Crippen molar-refractivity contribution in [2.75, 3.05) is 0 Å². The Morgan fingerprint density at radius 3 is 2.18 bits per heavy atom. The molecule has 0 unspecified atom stereocenters. The normalized spacial score (nSPS) is 12.6. The van der Waals surface area contributed by atoms with Crippen LogP contribution in [0.1, 0.15) is 0 Å². The average molecular weight is 274 g/mol. The molecule has 96 valence electrons. The Balaban J connectivity index is 3.42. The van der Waals surface area contributed by atoms with Crippen LogP contribution in [0.15, 0.2) is 11.0 Å². The van der Waals surface area contributed by atoms with Gasteiger partial charge in [-0.2, -0.15) is 4.39 Å². The molecular formula is C10H19FN2O2Si2. The van der Waals surface area contributed by atoms with Crippen molar-refractivity contribution in [2.24, 2.45) is 0 Å². The van der Waals surface area contributed by atoms with Crippen LogP contribution >= 0.6 is 0 Å². The van der Waals surface area contributed by atoms with Crippen molar-refractivity contribution in [1.82, 2.24) is 9.22 Å². The molecule has 0 bridgehead atoms. The maximum absolute atomic E-state index is 13.3. The molecule has 0 N–H and O–H groups in total. The molecule has 7 heteroatoms. The van der Waals surface area contributed by atoms with Crippen molar-refractivity contribution in [3.63, 3.8) is 0 Å². The van der Waals surface area contributed by atoms with Crippen molar-refractivity contribution in [3.8, 4) is 6.01 Å². The molecule has 0 atom stereocenters. The number of hydrogen-bond donors (Lipinski definition) is 0. The summed E-state index contributed by atoms with van der Waals surface area (Å²) in [7, 11) is -3.93. The highest BCUT2D eigenvalue weighted by molar-refractivity contribution is 6.75. The van der Waals surface area contributed by atoms with Gasteiger partial charge in [0.05, 0.1) is 6.20 Å². The molecule has 1 heterocycles. The number of rotatable bonds is 3. The molecule has 0 amide bonds. The van der Waals surface area contributed by atoms with E-state index in [0.717, 1.165) is 6.20 Å². The van der Waals surface area contributed by atoms with Crippen LogP contribution in [0.5, 0.6) is 6.01 Å². The average Bonchev–Trinajstić information content (AvgIpc) is 2.06. The van der Waals surface area contributed by atoms with Crippen molar-refractivity contribution in [2.45, 2.75) is 39.3 Å². The Hall–Kier alpha value is -0.956. The van der Waals surface area contributed by atoms with Gasteiger partial charge in [-0.25, -0.2) is 4.98 Å².